The van der Waals surface area contributed by atoms with Gasteiger partial charge in [-0.2, -0.15) is 0 Å². The van der Waals surface area contributed by atoms with Crippen LogP contribution < -0.4 is 20.1 Å². The smallest absolute Gasteiger partial charge is 0.272 e. The van der Waals surface area contributed by atoms with Crippen molar-refractivity contribution in [1.29, 1.82) is 0 Å². The molecular formula is C25H28N4O6. The van der Waals surface area contributed by atoms with Gasteiger partial charge in [0.05, 0.1) is 25.6 Å². The third kappa shape index (κ3) is 6.17. The molecule has 1 fully saturated rings. The Kier molecular flexibility index (Phi) is 8.08. The number of carbonyl (C=O) groups is 4. The minimum atomic E-state index is -0.399. The van der Waals surface area contributed by atoms with Gasteiger partial charge in [-0.05, 0) is 48.9 Å². The molecule has 0 spiro atoms. The van der Waals surface area contributed by atoms with E-state index in [9.17, 15) is 19.2 Å². The molecule has 184 valence electrons. The van der Waals surface area contributed by atoms with E-state index in [4.69, 9.17) is 9.47 Å². The van der Waals surface area contributed by atoms with Crippen molar-refractivity contribution < 1.29 is 28.7 Å². The Morgan fingerprint density at radius 2 is 1.54 bits per heavy atom. The lowest BCUT2D eigenvalue weighted by Crippen LogP contribution is -2.44. The van der Waals surface area contributed by atoms with Crippen LogP contribution in [0, 0.1) is 0 Å². The van der Waals surface area contributed by atoms with E-state index in [-0.39, 0.29) is 23.3 Å². The fourth-order valence-corrected chi connectivity index (χ4v) is 3.69. The van der Waals surface area contributed by atoms with Crippen LogP contribution in [0.2, 0.25) is 0 Å². The maximum absolute atomic E-state index is 13.3. The molecular weight excluding hydrogens is 452 g/mol. The normalized spacial score (nSPS) is 13.0. The lowest BCUT2D eigenvalue weighted by atomic mass is 10.1. The molecule has 0 radical (unpaired) electrons. The van der Waals surface area contributed by atoms with E-state index >= 15 is 0 Å². The number of benzene rings is 2. The molecule has 0 saturated carbocycles. The first-order chi connectivity index (χ1) is 16.7. The number of hydrogen-bond donors (Lipinski definition) is 2. The number of nitrogens with zero attached hydrogens (tertiary/aromatic N) is 2. The fraction of sp³-hybridized carbons (Fsp3) is 0.280. The zero-order chi connectivity index (χ0) is 25.5. The van der Waals surface area contributed by atoms with Gasteiger partial charge in [0.2, 0.25) is 11.8 Å². The summed E-state index contributed by atoms with van der Waals surface area (Å²) in [6.07, 6.45) is 3.61. The molecule has 2 aromatic rings. The standard InChI is InChI=1S/C25H28N4O6/c1-16(30)26-21-9-6-19(15-22(21)27-17(2)31)25(33)29-13-5-12-28(29)24(32)11-7-18-14-20(34-3)8-10-23(18)35-4/h6-11,14-15H,5,12-13H2,1-4H3,(H,26,30)(H,27,31)/b11-7+. The molecule has 2 N–H and O–H groups in total. The highest BCUT2D eigenvalue weighted by Gasteiger charge is 2.30. The third-order valence-electron chi connectivity index (χ3n) is 5.25. The monoisotopic (exact) mass is 480 g/mol. The van der Waals surface area contributed by atoms with Crippen LogP contribution in [0.3, 0.4) is 0 Å². The van der Waals surface area contributed by atoms with Crippen molar-refractivity contribution in [2.45, 2.75) is 20.3 Å². The van der Waals surface area contributed by atoms with Gasteiger partial charge >= 0.3 is 0 Å². The van der Waals surface area contributed by atoms with Crippen molar-refractivity contribution in [1.82, 2.24) is 10.0 Å². The van der Waals surface area contributed by atoms with Crippen LogP contribution in [-0.2, 0) is 14.4 Å². The van der Waals surface area contributed by atoms with Gasteiger partial charge in [-0.1, -0.05) is 0 Å². The average Bonchev–Trinajstić information content (AvgIpc) is 3.32. The Hall–Kier alpha value is -4.34. The number of anilines is 2. The van der Waals surface area contributed by atoms with E-state index < -0.39 is 5.91 Å². The molecule has 4 amide bonds. The molecule has 10 nitrogen and oxygen atoms in total. The van der Waals surface area contributed by atoms with Crippen LogP contribution in [0.5, 0.6) is 11.5 Å². The predicted octanol–water partition coefficient (Wildman–Crippen LogP) is 2.92. The van der Waals surface area contributed by atoms with Gasteiger partial charge in [0, 0.05) is 44.1 Å². The Morgan fingerprint density at radius 3 is 2.20 bits per heavy atom. The van der Waals surface area contributed by atoms with Crippen molar-refractivity contribution in [2.75, 3.05) is 37.9 Å². The molecule has 0 atom stereocenters. The lowest BCUT2D eigenvalue weighted by molar-refractivity contribution is -0.134. The van der Waals surface area contributed by atoms with E-state index in [0.29, 0.717) is 47.9 Å². The highest BCUT2D eigenvalue weighted by molar-refractivity contribution is 6.03. The SMILES string of the molecule is COc1ccc(OC)c(/C=C/C(=O)N2CCCN2C(=O)c2ccc(NC(C)=O)c(NC(C)=O)c2)c1. The van der Waals surface area contributed by atoms with Gasteiger partial charge in [0.25, 0.3) is 11.8 Å². The first-order valence-electron chi connectivity index (χ1n) is 11.0. The molecule has 0 aliphatic carbocycles. The molecule has 0 aromatic heterocycles. The van der Waals surface area contributed by atoms with Gasteiger partial charge in [0.1, 0.15) is 11.5 Å². The summed E-state index contributed by atoms with van der Waals surface area (Å²) in [6.45, 7) is 3.42. The second-order valence-corrected chi connectivity index (χ2v) is 7.81. The molecule has 0 bridgehead atoms. The van der Waals surface area contributed by atoms with Gasteiger partial charge in [-0.3, -0.25) is 19.2 Å². The maximum atomic E-state index is 13.3. The van der Waals surface area contributed by atoms with Crippen LogP contribution in [-0.4, -0.2) is 61.0 Å². The predicted molar refractivity (Wildman–Crippen MR) is 131 cm³/mol. The Labute approximate surface area is 203 Å². The molecule has 2 aromatic carbocycles. The maximum Gasteiger partial charge on any atom is 0.272 e. The molecule has 1 aliphatic rings. The van der Waals surface area contributed by atoms with Crippen LogP contribution in [0.25, 0.3) is 6.08 Å². The van der Waals surface area contributed by atoms with Crippen molar-refractivity contribution in [2.24, 2.45) is 0 Å². The van der Waals surface area contributed by atoms with Crippen LogP contribution in [0.15, 0.2) is 42.5 Å². The van der Waals surface area contributed by atoms with E-state index in [1.807, 2.05) is 0 Å². The van der Waals surface area contributed by atoms with Crippen molar-refractivity contribution >= 4 is 41.1 Å². The second kappa shape index (κ2) is 11.2. The molecule has 1 saturated heterocycles. The Morgan fingerprint density at radius 1 is 0.857 bits per heavy atom. The van der Waals surface area contributed by atoms with E-state index in [1.54, 1.807) is 31.4 Å². The number of carbonyl (C=O) groups excluding carboxylic acids is 4. The van der Waals surface area contributed by atoms with Gasteiger partial charge < -0.3 is 20.1 Å². The molecule has 35 heavy (non-hydrogen) atoms. The lowest BCUT2D eigenvalue weighted by Gasteiger charge is -2.27. The van der Waals surface area contributed by atoms with Crippen LogP contribution >= 0.6 is 0 Å². The topological polar surface area (TPSA) is 117 Å². The van der Waals surface area contributed by atoms with E-state index in [0.717, 1.165) is 0 Å². The fourth-order valence-electron chi connectivity index (χ4n) is 3.69. The summed E-state index contributed by atoms with van der Waals surface area (Å²) < 4.78 is 10.6. The summed E-state index contributed by atoms with van der Waals surface area (Å²) in [4.78, 5) is 49.3. The van der Waals surface area contributed by atoms with Gasteiger partial charge in [-0.25, -0.2) is 10.0 Å². The van der Waals surface area contributed by atoms with Gasteiger partial charge in [-0.15, -0.1) is 0 Å². The van der Waals surface area contributed by atoms with Crippen molar-refractivity contribution in [3.8, 4) is 11.5 Å². The third-order valence-corrected chi connectivity index (χ3v) is 5.25. The highest BCUT2D eigenvalue weighted by Crippen LogP contribution is 2.27. The highest BCUT2D eigenvalue weighted by atomic mass is 16.5. The largest absolute Gasteiger partial charge is 0.497 e. The first-order valence-corrected chi connectivity index (χ1v) is 11.0. The minimum absolute atomic E-state index is 0.265. The van der Waals surface area contributed by atoms with Crippen LogP contribution in [0.4, 0.5) is 11.4 Å². The Balaban J connectivity index is 1.82. The number of rotatable bonds is 7. The van der Waals surface area contributed by atoms with Gasteiger partial charge in [0.15, 0.2) is 0 Å². The number of hydrogen-bond acceptors (Lipinski definition) is 6. The zero-order valence-electron chi connectivity index (χ0n) is 20.1. The number of ether oxygens (including phenoxy) is 2. The minimum Gasteiger partial charge on any atom is -0.497 e. The number of methoxy groups -OCH3 is 2. The van der Waals surface area contributed by atoms with E-state index in [1.165, 1.54) is 55.3 Å². The quantitative estimate of drug-likeness (QED) is 0.589. The summed E-state index contributed by atoms with van der Waals surface area (Å²) >= 11 is 0. The zero-order valence-corrected chi connectivity index (χ0v) is 20.1. The summed E-state index contributed by atoms with van der Waals surface area (Å²) in [6, 6.07) is 9.80. The molecule has 10 heteroatoms. The van der Waals surface area contributed by atoms with Crippen LogP contribution in [0.1, 0.15) is 36.2 Å². The van der Waals surface area contributed by atoms with Crippen molar-refractivity contribution in [3.63, 3.8) is 0 Å². The summed E-state index contributed by atoms with van der Waals surface area (Å²) in [7, 11) is 3.09. The summed E-state index contributed by atoms with van der Waals surface area (Å²) in [5, 5.41) is 7.99. The number of nitrogens with one attached hydrogen (secondary N) is 2. The van der Waals surface area contributed by atoms with E-state index in [2.05, 4.69) is 10.6 Å². The summed E-state index contributed by atoms with van der Waals surface area (Å²) in [5.74, 6) is -0.229. The molecule has 0 unspecified atom stereocenters. The molecule has 1 aliphatic heterocycles. The molecule has 3 rings (SSSR count). The number of hydrazine groups is 1. The average molecular weight is 481 g/mol. The molecule has 1 heterocycles. The summed E-state index contributed by atoms with van der Waals surface area (Å²) in [5.41, 5.74) is 1.58. The number of amides is 4. The first kappa shape index (κ1) is 25.3. The van der Waals surface area contributed by atoms with Crippen molar-refractivity contribution in [3.05, 3.63) is 53.6 Å². The Bertz CT molecular complexity index is 1180. The second-order valence-electron chi connectivity index (χ2n) is 7.81.